The molecule has 1 aliphatic carbocycles. The van der Waals surface area contributed by atoms with Gasteiger partial charge in [-0.3, -0.25) is 9.88 Å². The van der Waals surface area contributed by atoms with Crippen molar-refractivity contribution in [2.75, 3.05) is 40.3 Å². The van der Waals surface area contributed by atoms with Gasteiger partial charge in [0.1, 0.15) is 0 Å². The zero-order valence-electron chi connectivity index (χ0n) is 15.7. The molecule has 6 heteroatoms. The van der Waals surface area contributed by atoms with Crippen LogP contribution in [0.5, 0.6) is 0 Å². The molecule has 0 aromatic carbocycles. The summed E-state index contributed by atoms with van der Waals surface area (Å²) in [5, 5.41) is 3.24. The SMILES string of the molecule is C[C@H](c1ccccn1)N1CCN(C(=O)N[C@@H]2CC[C@H](N(C)C)C2)CC1. The second kappa shape index (κ2) is 8.15. The molecule has 1 aromatic heterocycles. The summed E-state index contributed by atoms with van der Waals surface area (Å²) in [6.07, 6.45) is 5.17. The summed E-state index contributed by atoms with van der Waals surface area (Å²) in [5.74, 6) is 0. The number of carbonyl (C=O) groups excluding carboxylic acids is 1. The Labute approximate surface area is 151 Å². The van der Waals surface area contributed by atoms with Crippen LogP contribution in [-0.2, 0) is 0 Å². The van der Waals surface area contributed by atoms with Gasteiger partial charge in [-0.1, -0.05) is 6.07 Å². The number of rotatable bonds is 4. The monoisotopic (exact) mass is 345 g/mol. The van der Waals surface area contributed by atoms with Crippen molar-refractivity contribution in [3.8, 4) is 0 Å². The van der Waals surface area contributed by atoms with Crippen LogP contribution in [0.25, 0.3) is 0 Å². The summed E-state index contributed by atoms with van der Waals surface area (Å²) in [5.41, 5.74) is 1.10. The van der Waals surface area contributed by atoms with E-state index >= 15 is 0 Å². The third-order valence-corrected chi connectivity index (χ3v) is 5.73. The van der Waals surface area contributed by atoms with E-state index in [9.17, 15) is 4.79 Å². The van der Waals surface area contributed by atoms with Crippen molar-refractivity contribution >= 4 is 6.03 Å². The standard InChI is InChI=1S/C19H31N5O/c1-15(18-6-4-5-9-20-18)23-10-12-24(13-11-23)19(25)21-16-7-8-17(14-16)22(2)3/h4-6,9,15-17H,7-8,10-14H2,1-3H3,(H,21,25)/t15-,16-,17+/m1/s1. The molecule has 2 heterocycles. The highest BCUT2D eigenvalue weighted by Crippen LogP contribution is 2.23. The molecule has 1 saturated heterocycles. The summed E-state index contributed by atoms with van der Waals surface area (Å²) in [6, 6.07) is 7.38. The lowest BCUT2D eigenvalue weighted by Crippen LogP contribution is -2.53. The molecule has 3 atom stereocenters. The number of piperazine rings is 1. The average molecular weight is 345 g/mol. The van der Waals surface area contributed by atoms with Crippen LogP contribution in [0, 0.1) is 0 Å². The molecule has 1 saturated carbocycles. The smallest absolute Gasteiger partial charge is 0.317 e. The van der Waals surface area contributed by atoms with Crippen LogP contribution >= 0.6 is 0 Å². The molecule has 1 N–H and O–H groups in total. The maximum atomic E-state index is 12.5. The van der Waals surface area contributed by atoms with Gasteiger partial charge in [-0.05, 0) is 52.4 Å². The van der Waals surface area contributed by atoms with Gasteiger partial charge in [-0.25, -0.2) is 4.79 Å². The predicted molar refractivity (Wildman–Crippen MR) is 99.4 cm³/mol. The molecular formula is C19H31N5O. The summed E-state index contributed by atoms with van der Waals surface area (Å²) >= 11 is 0. The fourth-order valence-electron chi connectivity index (χ4n) is 3.95. The molecule has 2 aliphatic rings. The molecule has 138 valence electrons. The van der Waals surface area contributed by atoms with Crippen LogP contribution in [0.3, 0.4) is 0 Å². The van der Waals surface area contributed by atoms with E-state index in [4.69, 9.17) is 0 Å². The molecule has 6 nitrogen and oxygen atoms in total. The van der Waals surface area contributed by atoms with Gasteiger partial charge in [0.05, 0.1) is 5.69 Å². The van der Waals surface area contributed by atoms with Crippen LogP contribution in [-0.4, -0.2) is 78.1 Å². The van der Waals surface area contributed by atoms with Crippen molar-refractivity contribution in [3.63, 3.8) is 0 Å². The Balaban J connectivity index is 1.45. The zero-order valence-corrected chi connectivity index (χ0v) is 15.7. The maximum absolute atomic E-state index is 12.5. The fraction of sp³-hybridized carbons (Fsp3) is 0.684. The molecule has 1 aliphatic heterocycles. The van der Waals surface area contributed by atoms with Crippen LogP contribution < -0.4 is 5.32 Å². The van der Waals surface area contributed by atoms with Gasteiger partial charge in [0, 0.05) is 50.5 Å². The normalized spacial score (nSPS) is 26.0. The van der Waals surface area contributed by atoms with Gasteiger partial charge >= 0.3 is 6.03 Å². The van der Waals surface area contributed by atoms with E-state index < -0.39 is 0 Å². The minimum atomic E-state index is 0.106. The molecule has 0 spiro atoms. The quantitative estimate of drug-likeness (QED) is 0.906. The van der Waals surface area contributed by atoms with Gasteiger partial charge in [-0.15, -0.1) is 0 Å². The Bertz CT molecular complexity index is 556. The maximum Gasteiger partial charge on any atom is 0.317 e. The third kappa shape index (κ3) is 4.50. The predicted octanol–water partition coefficient (Wildman–Crippen LogP) is 1.95. The minimum Gasteiger partial charge on any atom is -0.335 e. The Morgan fingerprint density at radius 3 is 2.60 bits per heavy atom. The highest BCUT2D eigenvalue weighted by molar-refractivity contribution is 5.74. The summed E-state index contributed by atoms with van der Waals surface area (Å²) < 4.78 is 0. The molecule has 0 bridgehead atoms. The molecule has 2 fully saturated rings. The second-order valence-electron chi connectivity index (χ2n) is 7.53. The van der Waals surface area contributed by atoms with Crippen molar-refractivity contribution in [2.24, 2.45) is 0 Å². The first-order chi connectivity index (χ1) is 12.0. The van der Waals surface area contributed by atoms with E-state index in [1.807, 2.05) is 23.2 Å². The number of hydrogen-bond donors (Lipinski definition) is 1. The van der Waals surface area contributed by atoms with Crippen LogP contribution in [0.2, 0.25) is 0 Å². The lowest BCUT2D eigenvalue weighted by molar-refractivity contribution is 0.111. The van der Waals surface area contributed by atoms with Crippen molar-refractivity contribution in [1.82, 2.24) is 25.0 Å². The summed E-state index contributed by atoms with van der Waals surface area (Å²) in [7, 11) is 4.24. The Hall–Kier alpha value is -1.66. The lowest BCUT2D eigenvalue weighted by Gasteiger charge is -2.38. The minimum absolute atomic E-state index is 0.106. The van der Waals surface area contributed by atoms with E-state index in [-0.39, 0.29) is 6.03 Å². The number of nitrogens with zero attached hydrogens (tertiary/aromatic N) is 4. The first kappa shape index (κ1) is 18.1. The van der Waals surface area contributed by atoms with E-state index in [0.717, 1.165) is 44.7 Å². The number of hydrogen-bond acceptors (Lipinski definition) is 4. The Morgan fingerprint density at radius 2 is 2.00 bits per heavy atom. The average Bonchev–Trinajstić information content (AvgIpc) is 3.11. The first-order valence-electron chi connectivity index (χ1n) is 9.41. The first-order valence-corrected chi connectivity index (χ1v) is 9.41. The van der Waals surface area contributed by atoms with Gasteiger partial charge in [0.25, 0.3) is 0 Å². The topological polar surface area (TPSA) is 51.7 Å². The molecular weight excluding hydrogens is 314 g/mol. The molecule has 3 rings (SSSR count). The van der Waals surface area contributed by atoms with Crippen LogP contribution in [0.1, 0.15) is 37.9 Å². The number of pyridine rings is 1. The molecule has 1 aromatic rings. The lowest BCUT2D eigenvalue weighted by atomic mass is 10.1. The second-order valence-corrected chi connectivity index (χ2v) is 7.53. The van der Waals surface area contributed by atoms with Gasteiger partial charge < -0.3 is 15.1 Å². The van der Waals surface area contributed by atoms with Crippen molar-refractivity contribution < 1.29 is 4.79 Å². The van der Waals surface area contributed by atoms with Crippen LogP contribution in [0.4, 0.5) is 4.79 Å². The number of aromatic nitrogens is 1. The number of nitrogens with one attached hydrogen (secondary N) is 1. The van der Waals surface area contributed by atoms with E-state index in [0.29, 0.717) is 18.1 Å². The summed E-state index contributed by atoms with van der Waals surface area (Å²) in [4.78, 5) is 23.6. The highest BCUT2D eigenvalue weighted by atomic mass is 16.2. The third-order valence-electron chi connectivity index (χ3n) is 5.73. The van der Waals surface area contributed by atoms with E-state index in [1.54, 1.807) is 0 Å². The Kier molecular flexibility index (Phi) is 5.91. The van der Waals surface area contributed by atoms with Gasteiger partial charge in [0.2, 0.25) is 0 Å². The number of carbonyl (C=O) groups is 1. The van der Waals surface area contributed by atoms with Crippen molar-refractivity contribution in [2.45, 2.75) is 44.3 Å². The van der Waals surface area contributed by atoms with E-state index in [2.05, 4.69) is 47.2 Å². The van der Waals surface area contributed by atoms with Crippen molar-refractivity contribution in [1.29, 1.82) is 0 Å². The molecule has 2 amide bonds. The van der Waals surface area contributed by atoms with Gasteiger partial charge in [0.15, 0.2) is 0 Å². The van der Waals surface area contributed by atoms with E-state index in [1.165, 1.54) is 6.42 Å². The molecule has 0 radical (unpaired) electrons. The zero-order chi connectivity index (χ0) is 17.8. The van der Waals surface area contributed by atoms with Crippen LogP contribution in [0.15, 0.2) is 24.4 Å². The largest absolute Gasteiger partial charge is 0.335 e. The molecule has 25 heavy (non-hydrogen) atoms. The Morgan fingerprint density at radius 1 is 1.24 bits per heavy atom. The highest BCUT2D eigenvalue weighted by Gasteiger charge is 2.30. The van der Waals surface area contributed by atoms with Gasteiger partial charge in [-0.2, -0.15) is 0 Å². The number of amides is 2. The molecule has 0 unspecified atom stereocenters. The number of urea groups is 1. The van der Waals surface area contributed by atoms with Crippen molar-refractivity contribution in [3.05, 3.63) is 30.1 Å². The fourth-order valence-corrected chi connectivity index (χ4v) is 3.95. The summed E-state index contributed by atoms with van der Waals surface area (Å²) in [6.45, 7) is 5.56.